The lowest BCUT2D eigenvalue weighted by atomic mass is 10.2. The number of rotatable bonds is 2. The minimum absolute atomic E-state index is 0.429. The number of nitrogens with zero attached hydrogens (tertiary/aromatic N) is 2. The van der Waals surface area contributed by atoms with Crippen LogP contribution in [0.15, 0.2) is 36.4 Å². The Morgan fingerprint density at radius 3 is 2.80 bits per heavy atom. The SMILES string of the molecule is COc1ccc2c(c1)nc(N)n2-c1cccc(Cl)c1C. The zero-order valence-electron chi connectivity index (χ0n) is 11.2. The fourth-order valence-electron chi connectivity index (χ4n) is 2.30. The molecule has 2 aromatic carbocycles. The first-order valence-corrected chi connectivity index (χ1v) is 6.57. The van der Waals surface area contributed by atoms with Crippen LogP contribution in [-0.2, 0) is 0 Å². The van der Waals surface area contributed by atoms with Gasteiger partial charge in [0.15, 0.2) is 0 Å². The average Bonchev–Trinajstić information content (AvgIpc) is 2.77. The highest BCUT2D eigenvalue weighted by molar-refractivity contribution is 6.31. The van der Waals surface area contributed by atoms with E-state index in [2.05, 4.69) is 4.98 Å². The number of nitrogens with two attached hydrogens (primary N) is 1. The summed E-state index contributed by atoms with van der Waals surface area (Å²) in [6.45, 7) is 1.96. The van der Waals surface area contributed by atoms with Gasteiger partial charge in [-0.1, -0.05) is 17.7 Å². The molecule has 2 N–H and O–H groups in total. The number of imidazole rings is 1. The van der Waals surface area contributed by atoms with Crippen molar-refractivity contribution in [1.29, 1.82) is 0 Å². The molecular weight excluding hydrogens is 274 g/mol. The van der Waals surface area contributed by atoms with Crippen molar-refractivity contribution in [2.75, 3.05) is 12.8 Å². The van der Waals surface area contributed by atoms with E-state index < -0.39 is 0 Å². The first-order chi connectivity index (χ1) is 9.61. The van der Waals surface area contributed by atoms with Gasteiger partial charge in [0.25, 0.3) is 0 Å². The van der Waals surface area contributed by atoms with E-state index in [1.807, 2.05) is 47.9 Å². The summed E-state index contributed by atoms with van der Waals surface area (Å²) in [5, 5.41) is 0.706. The highest BCUT2D eigenvalue weighted by atomic mass is 35.5. The largest absolute Gasteiger partial charge is 0.497 e. The molecule has 3 aromatic rings. The Morgan fingerprint density at radius 1 is 1.25 bits per heavy atom. The molecule has 0 aliphatic rings. The lowest BCUT2D eigenvalue weighted by Crippen LogP contribution is -2.02. The van der Waals surface area contributed by atoms with Gasteiger partial charge in [-0.05, 0) is 36.8 Å². The van der Waals surface area contributed by atoms with Gasteiger partial charge in [-0.2, -0.15) is 0 Å². The van der Waals surface area contributed by atoms with Crippen LogP contribution in [0, 0.1) is 6.92 Å². The van der Waals surface area contributed by atoms with E-state index in [-0.39, 0.29) is 0 Å². The highest BCUT2D eigenvalue weighted by Gasteiger charge is 2.13. The average molecular weight is 288 g/mol. The van der Waals surface area contributed by atoms with Crippen LogP contribution in [0.5, 0.6) is 5.75 Å². The number of benzene rings is 2. The lowest BCUT2D eigenvalue weighted by Gasteiger charge is -2.11. The molecule has 20 heavy (non-hydrogen) atoms. The van der Waals surface area contributed by atoms with Crippen LogP contribution in [0.25, 0.3) is 16.7 Å². The molecule has 3 rings (SSSR count). The third-order valence-electron chi connectivity index (χ3n) is 3.37. The summed E-state index contributed by atoms with van der Waals surface area (Å²) >= 11 is 6.19. The number of aromatic nitrogens is 2. The molecule has 102 valence electrons. The Bertz CT molecular complexity index is 795. The van der Waals surface area contributed by atoms with Crippen molar-refractivity contribution in [3.05, 3.63) is 47.0 Å². The molecule has 0 spiro atoms. The van der Waals surface area contributed by atoms with E-state index in [4.69, 9.17) is 22.1 Å². The maximum absolute atomic E-state index is 6.19. The quantitative estimate of drug-likeness (QED) is 0.784. The summed E-state index contributed by atoms with van der Waals surface area (Å²) in [7, 11) is 1.63. The summed E-state index contributed by atoms with van der Waals surface area (Å²) in [5.74, 6) is 1.18. The fourth-order valence-corrected chi connectivity index (χ4v) is 2.47. The Hall–Kier alpha value is -2.20. The predicted octanol–water partition coefficient (Wildman–Crippen LogP) is 3.58. The van der Waals surface area contributed by atoms with Gasteiger partial charge < -0.3 is 10.5 Å². The molecule has 0 amide bonds. The molecule has 0 saturated heterocycles. The maximum atomic E-state index is 6.19. The second kappa shape index (κ2) is 4.72. The number of halogens is 1. The molecule has 1 heterocycles. The molecule has 1 aromatic heterocycles. The van der Waals surface area contributed by atoms with E-state index >= 15 is 0 Å². The molecule has 0 unspecified atom stereocenters. The zero-order chi connectivity index (χ0) is 14.3. The maximum Gasteiger partial charge on any atom is 0.205 e. The van der Waals surface area contributed by atoms with E-state index in [1.165, 1.54) is 0 Å². The van der Waals surface area contributed by atoms with Crippen molar-refractivity contribution < 1.29 is 4.74 Å². The van der Waals surface area contributed by atoms with E-state index in [9.17, 15) is 0 Å². The van der Waals surface area contributed by atoms with Crippen LogP contribution in [-0.4, -0.2) is 16.7 Å². The Kier molecular flexibility index (Phi) is 3.03. The monoisotopic (exact) mass is 287 g/mol. The van der Waals surface area contributed by atoms with Crippen molar-refractivity contribution in [1.82, 2.24) is 9.55 Å². The highest BCUT2D eigenvalue weighted by Crippen LogP contribution is 2.30. The van der Waals surface area contributed by atoms with Gasteiger partial charge in [0, 0.05) is 11.1 Å². The lowest BCUT2D eigenvalue weighted by molar-refractivity contribution is 0.415. The number of hydrogen-bond donors (Lipinski definition) is 1. The van der Waals surface area contributed by atoms with Crippen LogP contribution < -0.4 is 10.5 Å². The number of anilines is 1. The smallest absolute Gasteiger partial charge is 0.205 e. The second-order valence-corrected chi connectivity index (χ2v) is 4.95. The molecule has 5 heteroatoms. The van der Waals surface area contributed by atoms with Crippen LogP contribution in [0.4, 0.5) is 5.95 Å². The summed E-state index contributed by atoms with van der Waals surface area (Å²) in [4.78, 5) is 4.39. The van der Waals surface area contributed by atoms with Gasteiger partial charge in [0.05, 0.1) is 23.8 Å². The molecule has 0 saturated carbocycles. The predicted molar refractivity (Wildman–Crippen MR) is 81.8 cm³/mol. The Morgan fingerprint density at radius 2 is 2.05 bits per heavy atom. The summed E-state index contributed by atoms with van der Waals surface area (Å²) in [5.41, 5.74) is 9.68. The number of nitrogen functional groups attached to an aromatic ring is 1. The Labute approximate surface area is 121 Å². The summed E-state index contributed by atoms with van der Waals surface area (Å²) < 4.78 is 7.11. The molecular formula is C15H14ClN3O. The number of ether oxygens (including phenoxy) is 1. The van der Waals surface area contributed by atoms with E-state index in [0.29, 0.717) is 11.0 Å². The second-order valence-electron chi connectivity index (χ2n) is 4.54. The van der Waals surface area contributed by atoms with Crippen molar-refractivity contribution >= 4 is 28.6 Å². The molecule has 0 bridgehead atoms. The minimum atomic E-state index is 0.429. The molecule has 0 aliphatic carbocycles. The first kappa shape index (κ1) is 12.8. The van der Waals surface area contributed by atoms with Gasteiger partial charge in [0.1, 0.15) is 5.75 Å². The summed E-state index contributed by atoms with van der Waals surface area (Å²) in [6.07, 6.45) is 0. The van der Waals surface area contributed by atoms with Gasteiger partial charge in [-0.3, -0.25) is 4.57 Å². The van der Waals surface area contributed by atoms with Crippen LogP contribution in [0.1, 0.15) is 5.56 Å². The fraction of sp³-hybridized carbons (Fsp3) is 0.133. The van der Waals surface area contributed by atoms with Gasteiger partial charge >= 0.3 is 0 Å². The van der Waals surface area contributed by atoms with Crippen molar-refractivity contribution in [3.8, 4) is 11.4 Å². The van der Waals surface area contributed by atoms with Crippen LogP contribution in [0.3, 0.4) is 0 Å². The van der Waals surface area contributed by atoms with E-state index in [1.54, 1.807) is 7.11 Å². The molecule has 0 aliphatic heterocycles. The normalized spacial score (nSPS) is 10.9. The van der Waals surface area contributed by atoms with Crippen molar-refractivity contribution in [2.24, 2.45) is 0 Å². The third kappa shape index (κ3) is 1.89. The van der Waals surface area contributed by atoms with Gasteiger partial charge in [-0.25, -0.2) is 4.98 Å². The third-order valence-corrected chi connectivity index (χ3v) is 3.78. The summed E-state index contributed by atoms with van der Waals surface area (Å²) in [6, 6.07) is 11.4. The van der Waals surface area contributed by atoms with Crippen molar-refractivity contribution in [2.45, 2.75) is 6.92 Å². The standard InChI is InChI=1S/C15H14ClN3O/c1-9-11(16)4-3-5-13(9)19-14-7-6-10(20-2)8-12(14)18-15(19)17/h3-8H,1-2H3,(H2,17,18). The van der Waals surface area contributed by atoms with Crippen molar-refractivity contribution in [3.63, 3.8) is 0 Å². The number of fused-ring (bicyclic) bond motifs is 1. The first-order valence-electron chi connectivity index (χ1n) is 6.19. The minimum Gasteiger partial charge on any atom is -0.497 e. The van der Waals surface area contributed by atoms with Gasteiger partial charge in [-0.15, -0.1) is 0 Å². The van der Waals surface area contributed by atoms with Crippen LogP contribution >= 0.6 is 11.6 Å². The molecule has 0 radical (unpaired) electrons. The topological polar surface area (TPSA) is 53.1 Å². The number of hydrogen-bond acceptors (Lipinski definition) is 3. The van der Waals surface area contributed by atoms with Gasteiger partial charge in [0.2, 0.25) is 5.95 Å². The molecule has 0 fully saturated rings. The molecule has 0 atom stereocenters. The Balaban J connectivity index is 2.31. The van der Waals surface area contributed by atoms with E-state index in [0.717, 1.165) is 28.0 Å². The molecule has 4 nitrogen and oxygen atoms in total. The zero-order valence-corrected chi connectivity index (χ0v) is 12.0. The number of methoxy groups -OCH3 is 1. The van der Waals surface area contributed by atoms with Crippen LogP contribution in [0.2, 0.25) is 5.02 Å².